The third-order valence-electron chi connectivity index (χ3n) is 5.02. The number of anilines is 1. The number of hydrogen-bond acceptors (Lipinski definition) is 6. The lowest BCUT2D eigenvalue weighted by atomic mass is 9.96. The van der Waals surface area contributed by atoms with Gasteiger partial charge in [-0.25, -0.2) is 9.67 Å². The number of benzene rings is 1. The number of rotatable bonds is 7. The number of halogens is 3. The summed E-state index contributed by atoms with van der Waals surface area (Å²) in [6.45, 7) is 3.67. The first kappa shape index (κ1) is 25.6. The first-order valence-electron chi connectivity index (χ1n) is 10.6. The number of carbonyl (C=O) groups excluding carboxylic acids is 2. The van der Waals surface area contributed by atoms with Gasteiger partial charge in [-0.05, 0) is 54.0 Å². The van der Waals surface area contributed by atoms with Crippen molar-refractivity contribution in [3.8, 4) is 11.7 Å². The van der Waals surface area contributed by atoms with Crippen molar-refractivity contribution in [1.82, 2.24) is 20.1 Å². The van der Waals surface area contributed by atoms with Gasteiger partial charge in [0.15, 0.2) is 5.82 Å². The van der Waals surface area contributed by atoms with Crippen molar-refractivity contribution in [2.75, 3.05) is 5.32 Å². The summed E-state index contributed by atoms with van der Waals surface area (Å²) in [7, 11) is 0. The summed E-state index contributed by atoms with van der Waals surface area (Å²) >= 11 is 21.1. The number of thiocarbonyl (C=S) groups is 1. The van der Waals surface area contributed by atoms with E-state index in [1.165, 1.54) is 16.8 Å². The van der Waals surface area contributed by atoms with Crippen LogP contribution < -0.4 is 15.4 Å². The predicted octanol–water partition coefficient (Wildman–Crippen LogP) is 5.64. The molecule has 2 N–H and O–H groups in total. The van der Waals surface area contributed by atoms with Crippen molar-refractivity contribution >= 4 is 73.7 Å². The Labute approximate surface area is 225 Å². The average molecular weight is 597 g/mol. The molecule has 2 aromatic heterocycles. The van der Waals surface area contributed by atoms with Crippen molar-refractivity contribution < 1.29 is 14.3 Å². The van der Waals surface area contributed by atoms with Gasteiger partial charge in [0.2, 0.25) is 5.88 Å². The third-order valence-corrected chi connectivity index (χ3v) is 6.49. The second-order valence-electron chi connectivity index (χ2n) is 8.17. The minimum atomic E-state index is -0.556. The van der Waals surface area contributed by atoms with Gasteiger partial charge >= 0.3 is 0 Å². The van der Waals surface area contributed by atoms with Crippen LogP contribution in [0.25, 0.3) is 5.82 Å². The van der Waals surface area contributed by atoms with Gasteiger partial charge in [-0.1, -0.05) is 35.4 Å². The molecule has 12 heteroatoms. The Balaban J connectivity index is 1.71. The van der Waals surface area contributed by atoms with Gasteiger partial charge in [0.1, 0.15) is 11.8 Å². The van der Waals surface area contributed by atoms with Crippen LogP contribution in [0.1, 0.15) is 47.5 Å². The van der Waals surface area contributed by atoms with Gasteiger partial charge in [0, 0.05) is 45.5 Å². The molecule has 4 rings (SSSR count). The number of carbonyl (C=O) groups is 2. The van der Waals surface area contributed by atoms with Gasteiger partial charge < -0.3 is 15.4 Å². The molecule has 35 heavy (non-hydrogen) atoms. The molecule has 0 radical (unpaired) electrons. The number of ether oxygens (including phenoxy) is 1. The molecule has 2 amide bonds. The number of pyridine rings is 1. The molecule has 8 nitrogen and oxygen atoms in total. The topological polar surface area (TPSA) is 98.1 Å². The van der Waals surface area contributed by atoms with Gasteiger partial charge in [-0.15, -0.1) is 5.10 Å². The Morgan fingerprint density at radius 1 is 1.23 bits per heavy atom. The fourth-order valence-corrected chi connectivity index (χ4v) is 4.86. The quantitative estimate of drug-likeness (QED) is 0.343. The van der Waals surface area contributed by atoms with Crippen molar-refractivity contribution in [3.05, 3.63) is 62.3 Å². The zero-order valence-electron chi connectivity index (χ0n) is 18.6. The fourth-order valence-electron chi connectivity index (χ4n) is 3.37. The molecule has 0 saturated heterocycles. The lowest BCUT2D eigenvalue weighted by molar-refractivity contribution is 0.0944. The van der Waals surface area contributed by atoms with Crippen LogP contribution in [0.5, 0.6) is 5.88 Å². The molecule has 0 aliphatic heterocycles. The van der Waals surface area contributed by atoms with E-state index in [1.54, 1.807) is 24.4 Å². The van der Waals surface area contributed by atoms with Crippen LogP contribution in [0.2, 0.25) is 10.0 Å². The standard InChI is InChI=1S/C23H20BrCl2N5O3S/c1-11(2)28-22(32)15-6-12(25)7-16(24)20(15)29-23(33)18-10-19(34-13-8-14(35)9-13)30-31(18)21-17(26)4-3-5-27-21/h3-7,10-11,13H,8-9H2,1-2H3,(H,28,32)(H,29,33). The number of amides is 2. The maximum absolute atomic E-state index is 13.5. The van der Waals surface area contributed by atoms with E-state index < -0.39 is 5.91 Å². The van der Waals surface area contributed by atoms with Crippen molar-refractivity contribution in [2.45, 2.75) is 38.8 Å². The molecular weight excluding hydrogens is 577 g/mol. The summed E-state index contributed by atoms with van der Waals surface area (Å²) in [5, 5.41) is 10.7. The van der Waals surface area contributed by atoms with E-state index in [0.29, 0.717) is 27.4 Å². The molecule has 1 saturated carbocycles. The van der Waals surface area contributed by atoms with E-state index in [4.69, 9.17) is 40.2 Å². The molecule has 1 fully saturated rings. The van der Waals surface area contributed by atoms with Crippen LogP contribution in [0, 0.1) is 0 Å². The van der Waals surface area contributed by atoms with Crippen LogP contribution in [0.15, 0.2) is 41.0 Å². The number of nitrogens with zero attached hydrogens (tertiary/aromatic N) is 3. The Bertz CT molecular complexity index is 1320. The van der Waals surface area contributed by atoms with E-state index in [-0.39, 0.29) is 46.7 Å². The molecule has 0 bridgehead atoms. The highest BCUT2D eigenvalue weighted by molar-refractivity contribution is 9.10. The zero-order chi connectivity index (χ0) is 25.3. The summed E-state index contributed by atoms with van der Waals surface area (Å²) in [5.74, 6) is -0.451. The molecule has 0 spiro atoms. The Kier molecular flexibility index (Phi) is 7.75. The number of aromatic nitrogens is 3. The van der Waals surface area contributed by atoms with E-state index in [2.05, 4.69) is 36.6 Å². The maximum atomic E-state index is 13.5. The first-order valence-corrected chi connectivity index (χ1v) is 12.6. The molecule has 0 unspecified atom stereocenters. The zero-order valence-corrected chi connectivity index (χ0v) is 22.6. The average Bonchev–Trinajstić information content (AvgIpc) is 3.18. The fraction of sp³-hybridized carbons (Fsp3) is 0.261. The monoisotopic (exact) mass is 595 g/mol. The SMILES string of the molecule is CC(C)NC(=O)c1cc(Cl)cc(Br)c1NC(=O)c1cc(OC2CC(=S)C2)nn1-c1ncccc1Cl. The molecule has 182 valence electrons. The summed E-state index contributed by atoms with van der Waals surface area (Å²) in [4.78, 5) is 31.5. The van der Waals surface area contributed by atoms with Crippen molar-refractivity contribution in [3.63, 3.8) is 0 Å². The van der Waals surface area contributed by atoms with Crippen molar-refractivity contribution in [2.24, 2.45) is 0 Å². The second kappa shape index (κ2) is 10.6. The van der Waals surface area contributed by atoms with E-state index in [1.807, 2.05) is 13.8 Å². The second-order valence-corrected chi connectivity index (χ2v) is 10.4. The van der Waals surface area contributed by atoms with Crippen molar-refractivity contribution in [1.29, 1.82) is 0 Å². The summed E-state index contributed by atoms with van der Waals surface area (Å²) in [6, 6.07) is 7.77. The Morgan fingerprint density at radius 3 is 2.63 bits per heavy atom. The highest BCUT2D eigenvalue weighted by atomic mass is 79.9. The third kappa shape index (κ3) is 5.83. The van der Waals surface area contributed by atoms with Crippen LogP contribution in [0.4, 0.5) is 5.69 Å². The highest BCUT2D eigenvalue weighted by Crippen LogP contribution is 2.32. The lowest BCUT2D eigenvalue weighted by Crippen LogP contribution is -2.32. The summed E-state index contributed by atoms with van der Waals surface area (Å²) in [6.07, 6.45) is 2.75. The van der Waals surface area contributed by atoms with Crippen LogP contribution in [-0.4, -0.2) is 43.6 Å². The molecule has 1 aromatic carbocycles. The number of hydrogen-bond donors (Lipinski definition) is 2. The minimum Gasteiger partial charge on any atom is -0.473 e. The number of nitrogens with one attached hydrogen (secondary N) is 2. The molecule has 1 aliphatic rings. The molecule has 3 aromatic rings. The summed E-state index contributed by atoms with van der Waals surface area (Å²) < 4.78 is 7.63. The Hall–Kier alpha value is -2.53. The normalized spacial score (nSPS) is 13.5. The smallest absolute Gasteiger partial charge is 0.274 e. The molecule has 1 aliphatic carbocycles. The summed E-state index contributed by atoms with van der Waals surface area (Å²) in [5.41, 5.74) is 0.566. The first-order chi connectivity index (χ1) is 16.6. The van der Waals surface area contributed by atoms with Crippen LogP contribution in [0.3, 0.4) is 0 Å². The predicted molar refractivity (Wildman–Crippen MR) is 142 cm³/mol. The maximum Gasteiger partial charge on any atom is 0.274 e. The van der Waals surface area contributed by atoms with Gasteiger partial charge in [-0.3, -0.25) is 9.59 Å². The van der Waals surface area contributed by atoms with Gasteiger partial charge in [0.25, 0.3) is 11.8 Å². The van der Waals surface area contributed by atoms with Gasteiger partial charge in [0.05, 0.1) is 16.3 Å². The highest BCUT2D eigenvalue weighted by Gasteiger charge is 2.28. The Morgan fingerprint density at radius 2 is 1.97 bits per heavy atom. The van der Waals surface area contributed by atoms with Crippen LogP contribution in [-0.2, 0) is 0 Å². The van der Waals surface area contributed by atoms with E-state index in [0.717, 1.165) is 4.86 Å². The minimum absolute atomic E-state index is 0.0993. The van der Waals surface area contributed by atoms with E-state index >= 15 is 0 Å². The van der Waals surface area contributed by atoms with E-state index in [9.17, 15) is 9.59 Å². The molecule has 2 heterocycles. The molecular formula is C23H20BrCl2N5O3S. The van der Waals surface area contributed by atoms with Crippen LogP contribution >= 0.6 is 51.3 Å². The van der Waals surface area contributed by atoms with Gasteiger partial charge in [-0.2, -0.15) is 0 Å². The largest absolute Gasteiger partial charge is 0.473 e. The lowest BCUT2D eigenvalue weighted by Gasteiger charge is -2.26. The molecule has 0 atom stereocenters.